The minimum Gasteiger partial charge on any atom is -0.491 e. The molecular formula is C20H21N3O3. The molecule has 0 bridgehead atoms. The molecule has 134 valence electrons. The van der Waals surface area contributed by atoms with E-state index in [9.17, 15) is 4.79 Å². The summed E-state index contributed by atoms with van der Waals surface area (Å²) in [5, 5.41) is 6.78. The summed E-state index contributed by atoms with van der Waals surface area (Å²) in [6, 6.07) is 12.7. The Labute approximate surface area is 152 Å². The van der Waals surface area contributed by atoms with Crippen LogP contribution in [0.3, 0.4) is 0 Å². The molecule has 0 aliphatic heterocycles. The Morgan fingerprint density at radius 3 is 2.73 bits per heavy atom. The number of hydrogen-bond acceptors (Lipinski definition) is 5. The Bertz CT molecular complexity index is 875. The summed E-state index contributed by atoms with van der Waals surface area (Å²) in [7, 11) is 0. The number of rotatable bonds is 6. The first kappa shape index (κ1) is 17.7. The summed E-state index contributed by atoms with van der Waals surface area (Å²) in [5.74, 6) is 0.980. The average molecular weight is 351 g/mol. The predicted molar refractivity (Wildman–Crippen MR) is 97.8 cm³/mol. The van der Waals surface area contributed by atoms with Gasteiger partial charge >= 0.3 is 0 Å². The number of carbonyl (C=O) groups excluding carboxylic acids is 1. The summed E-state index contributed by atoms with van der Waals surface area (Å²) in [5.41, 5.74) is 1.95. The minimum absolute atomic E-state index is 0.0937. The molecule has 6 nitrogen and oxygen atoms in total. The van der Waals surface area contributed by atoms with Crippen LogP contribution in [0, 0.1) is 0 Å². The molecule has 1 aromatic carbocycles. The standard InChI is InChI=1S/C20H21N3O3/c1-13(2)25-17-8-4-6-15(10-17)14(3)22-20(24)18-11-19(26-23-18)16-7-5-9-21-12-16/h4-14H,1-3H3,(H,22,24). The van der Waals surface area contributed by atoms with E-state index < -0.39 is 0 Å². The lowest BCUT2D eigenvalue weighted by atomic mass is 10.1. The molecule has 26 heavy (non-hydrogen) atoms. The van der Waals surface area contributed by atoms with Crippen molar-refractivity contribution < 1.29 is 14.1 Å². The van der Waals surface area contributed by atoms with Gasteiger partial charge in [0.15, 0.2) is 11.5 Å². The van der Waals surface area contributed by atoms with Crippen LogP contribution in [-0.2, 0) is 0 Å². The smallest absolute Gasteiger partial charge is 0.273 e. The number of benzene rings is 1. The Kier molecular flexibility index (Phi) is 5.31. The first-order valence-corrected chi connectivity index (χ1v) is 8.47. The summed E-state index contributed by atoms with van der Waals surface area (Å²) < 4.78 is 11.0. The van der Waals surface area contributed by atoms with Crippen molar-refractivity contribution in [3.8, 4) is 17.1 Å². The van der Waals surface area contributed by atoms with Crippen molar-refractivity contribution in [1.29, 1.82) is 0 Å². The summed E-state index contributed by atoms with van der Waals surface area (Å²) in [6.07, 6.45) is 3.42. The van der Waals surface area contributed by atoms with Gasteiger partial charge in [0.25, 0.3) is 5.91 Å². The first-order chi connectivity index (χ1) is 12.5. The number of ether oxygens (including phenoxy) is 1. The van der Waals surface area contributed by atoms with E-state index in [4.69, 9.17) is 9.26 Å². The van der Waals surface area contributed by atoms with Gasteiger partial charge in [-0.25, -0.2) is 0 Å². The molecule has 0 radical (unpaired) electrons. The molecule has 0 aliphatic carbocycles. The van der Waals surface area contributed by atoms with Gasteiger partial charge in [-0.3, -0.25) is 9.78 Å². The zero-order valence-electron chi connectivity index (χ0n) is 15.0. The Morgan fingerprint density at radius 1 is 1.15 bits per heavy atom. The molecule has 0 saturated carbocycles. The second kappa shape index (κ2) is 7.82. The van der Waals surface area contributed by atoms with E-state index in [1.165, 1.54) is 0 Å². The zero-order valence-corrected chi connectivity index (χ0v) is 15.0. The van der Waals surface area contributed by atoms with E-state index in [0.29, 0.717) is 5.76 Å². The average Bonchev–Trinajstić information content (AvgIpc) is 3.12. The molecule has 2 heterocycles. The van der Waals surface area contributed by atoms with E-state index >= 15 is 0 Å². The zero-order chi connectivity index (χ0) is 18.5. The Balaban J connectivity index is 1.69. The highest BCUT2D eigenvalue weighted by Gasteiger charge is 2.17. The van der Waals surface area contributed by atoms with Gasteiger partial charge in [-0.1, -0.05) is 17.3 Å². The normalized spacial score (nSPS) is 12.0. The van der Waals surface area contributed by atoms with Gasteiger partial charge in [-0.2, -0.15) is 0 Å². The number of amides is 1. The van der Waals surface area contributed by atoms with Crippen molar-refractivity contribution in [3.63, 3.8) is 0 Å². The molecule has 1 N–H and O–H groups in total. The number of nitrogens with one attached hydrogen (secondary N) is 1. The van der Waals surface area contributed by atoms with Gasteiger partial charge in [-0.05, 0) is 50.6 Å². The number of aromatic nitrogens is 2. The number of pyridine rings is 1. The SMILES string of the molecule is CC(C)Oc1cccc(C(C)NC(=O)c2cc(-c3cccnc3)on2)c1. The quantitative estimate of drug-likeness (QED) is 0.726. The fraction of sp³-hybridized carbons (Fsp3) is 0.250. The molecule has 3 rings (SSSR count). The second-order valence-corrected chi connectivity index (χ2v) is 6.25. The lowest BCUT2D eigenvalue weighted by Gasteiger charge is -2.16. The van der Waals surface area contributed by atoms with Crippen LogP contribution in [0.25, 0.3) is 11.3 Å². The van der Waals surface area contributed by atoms with Crippen LogP contribution >= 0.6 is 0 Å². The molecule has 1 amide bonds. The molecule has 0 spiro atoms. The maximum Gasteiger partial charge on any atom is 0.273 e. The maximum atomic E-state index is 12.5. The van der Waals surface area contributed by atoms with Gasteiger partial charge in [0.1, 0.15) is 5.75 Å². The lowest BCUT2D eigenvalue weighted by Crippen LogP contribution is -2.26. The number of hydrogen-bond donors (Lipinski definition) is 1. The van der Waals surface area contributed by atoms with Crippen molar-refractivity contribution in [3.05, 3.63) is 66.1 Å². The molecule has 3 aromatic rings. The van der Waals surface area contributed by atoms with Gasteiger partial charge < -0.3 is 14.6 Å². The Hall–Kier alpha value is -3.15. The molecule has 1 unspecified atom stereocenters. The van der Waals surface area contributed by atoms with Crippen LogP contribution < -0.4 is 10.1 Å². The molecule has 0 aliphatic rings. The summed E-state index contributed by atoms with van der Waals surface area (Å²) in [6.45, 7) is 5.86. The van der Waals surface area contributed by atoms with Crippen molar-refractivity contribution in [2.24, 2.45) is 0 Å². The molecule has 0 fully saturated rings. The third kappa shape index (κ3) is 4.27. The van der Waals surface area contributed by atoms with Crippen molar-refractivity contribution in [2.75, 3.05) is 0 Å². The van der Waals surface area contributed by atoms with Crippen molar-refractivity contribution in [1.82, 2.24) is 15.5 Å². The lowest BCUT2D eigenvalue weighted by molar-refractivity contribution is 0.0930. The minimum atomic E-state index is -0.299. The molecule has 1 atom stereocenters. The van der Waals surface area contributed by atoms with E-state index in [1.54, 1.807) is 24.5 Å². The highest BCUT2D eigenvalue weighted by atomic mass is 16.5. The van der Waals surface area contributed by atoms with E-state index in [-0.39, 0.29) is 23.7 Å². The van der Waals surface area contributed by atoms with Gasteiger partial charge in [0.2, 0.25) is 0 Å². The summed E-state index contributed by atoms with van der Waals surface area (Å²) >= 11 is 0. The van der Waals surface area contributed by atoms with Crippen molar-refractivity contribution >= 4 is 5.91 Å². The highest BCUT2D eigenvalue weighted by Crippen LogP contribution is 2.22. The van der Waals surface area contributed by atoms with Gasteiger partial charge in [0.05, 0.1) is 12.1 Å². The molecular weight excluding hydrogens is 330 g/mol. The highest BCUT2D eigenvalue weighted by molar-refractivity contribution is 5.93. The summed E-state index contributed by atoms with van der Waals surface area (Å²) in [4.78, 5) is 16.5. The topological polar surface area (TPSA) is 77.2 Å². The monoisotopic (exact) mass is 351 g/mol. The molecule has 2 aromatic heterocycles. The third-order valence-corrected chi connectivity index (χ3v) is 3.77. The van der Waals surface area contributed by atoms with E-state index in [0.717, 1.165) is 16.9 Å². The van der Waals surface area contributed by atoms with E-state index in [1.807, 2.05) is 51.1 Å². The van der Waals surface area contributed by atoms with Gasteiger partial charge in [-0.15, -0.1) is 0 Å². The fourth-order valence-electron chi connectivity index (χ4n) is 2.51. The van der Waals surface area contributed by atoms with Crippen LogP contribution in [0.2, 0.25) is 0 Å². The second-order valence-electron chi connectivity index (χ2n) is 6.25. The van der Waals surface area contributed by atoms with Crippen LogP contribution in [0.5, 0.6) is 5.75 Å². The van der Waals surface area contributed by atoms with Crippen molar-refractivity contribution in [2.45, 2.75) is 32.9 Å². The first-order valence-electron chi connectivity index (χ1n) is 8.47. The maximum absolute atomic E-state index is 12.5. The number of carbonyl (C=O) groups is 1. The fourth-order valence-corrected chi connectivity index (χ4v) is 2.51. The van der Waals surface area contributed by atoms with Crippen LogP contribution in [0.15, 0.2) is 59.4 Å². The van der Waals surface area contributed by atoms with E-state index in [2.05, 4.69) is 15.5 Å². The van der Waals surface area contributed by atoms with Crippen LogP contribution in [0.1, 0.15) is 42.9 Å². The van der Waals surface area contributed by atoms with Gasteiger partial charge in [0, 0.05) is 24.0 Å². The van der Waals surface area contributed by atoms with Crippen LogP contribution in [0.4, 0.5) is 0 Å². The Morgan fingerprint density at radius 2 is 2.00 bits per heavy atom. The largest absolute Gasteiger partial charge is 0.491 e. The molecule has 0 saturated heterocycles. The molecule has 6 heteroatoms. The number of nitrogens with zero attached hydrogens (tertiary/aromatic N) is 2. The van der Waals surface area contributed by atoms with Crippen LogP contribution in [-0.4, -0.2) is 22.2 Å². The third-order valence-electron chi connectivity index (χ3n) is 3.77. The predicted octanol–water partition coefficient (Wildman–Crippen LogP) is 4.01.